The molecule has 0 aliphatic carbocycles. The monoisotopic (exact) mass is 258 g/mol. The molecule has 5 heteroatoms. The molecule has 0 atom stereocenters. The largest absolute Gasteiger partial charge is 0.307 e. The quantitative estimate of drug-likeness (QED) is 0.783. The number of carbonyl (C=O) groups excluding carboxylic acids is 2. The first-order valence-electron chi connectivity index (χ1n) is 3.75. The van der Waals surface area contributed by atoms with Gasteiger partial charge in [-0.15, -0.1) is 0 Å². The van der Waals surface area contributed by atoms with E-state index in [1.807, 2.05) is 18.9 Å². The van der Waals surface area contributed by atoms with Crippen LogP contribution in [0.2, 0.25) is 0 Å². The van der Waals surface area contributed by atoms with Crippen LogP contribution in [0.3, 0.4) is 0 Å². The van der Waals surface area contributed by atoms with E-state index >= 15 is 0 Å². The minimum absolute atomic E-state index is 0.134. The Balaban J connectivity index is 0.000000791. The van der Waals surface area contributed by atoms with Crippen LogP contribution < -0.4 is 10.9 Å². The molecule has 1 aromatic carbocycles. The van der Waals surface area contributed by atoms with Crippen molar-refractivity contribution in [3.05, 3.63) is 34.3 Å². The van der Waals surface area contributed by atoms with E-state index in [9.17, 15) is 4.79 Å². The third-order valence-electron chi connectivity index (χ3n) is 1.34. The van der Waals surface area contributed by atoms with E-state index in [0.29, 0.717) is 5.56 Å². The zero-order chi connectivity index (χ0) is 11.0. The van der Waals surface area contributed by atoms with Gasteiger partial charge in [-0.25, -0.2) is 5.43 Å². The molecule has 0 bridgehead atoms. The maximum atomic E-state index is 11.2. The van der Waals surface area contributed by atoms with Gasteiger partial charge in [-0.05, 0) is 24.3 Å². The summed E-state index contributed by atoms with van der Waals surface area (Å²) in [5.74, 6) is -0.134. The van der Waals surface area contributed by atoms with Crippen molar-refractivity contribution in [3.8, 4) is 0 Å². The summed E-state index contributed by atoms with van der Waals surface area (Å²) in [5, 5.41) is 0. The molecule has 0 saturated carbocycles. The van der Waals surface area contributed by atoms with E-state index in [-0.39, 0.29) is 5.91 Å². The third kappa shape index (κ3) is 4.15. The molecular formula is C9H11BrN2O2. The molecule has 0 aliphatic rings. The topological polar surface area (TPSA) is 58.2 Å². The van der Waals surface area contributed by atoms with Crippen molar-refractivity contribution in [2.24, 2.45) is 0 Å². The van der Waals surface area contributed by atoms with Crippen molar-refractivity contribution >= 4 is 28.6 Å². The van der Waals surface area contributed by atoms with Gasteiger partial charge in [0.15, 0.2) is 0 Å². The molecule has 1 aromatic rings. The molecule has 4 nitrogen and oxygen atoms in total. The first-order valence-corrected chi connectivity index (χ1v) is 4.55. The minimum Gasteiger partial charge on any atom is -0.307 e. The molecule has 14 heavy (non-hydrogen) atoms. The number of halogens is 1. The molecule has 0 unspecified atom stereocenters. The number of hydrogen-bond donors (Lipinski definition) is 2. The molecule has 76 valence electrons. The highest BCUT2D eigenvalue weighted by molar-refractivity contribution is 9.10. The molecule has 0 spiro atoms. The fourth-order valence-corrected chi connectivity index (χ4v) is 1.05. The van der Waals surface area contributed by atoms with Crippen LogP contribution in [0.1, 0.15) is 10.4 Å². The molecule has 1 amide bonds. The number of amides is 1. The molecule has 0 aliphatic heterocycles. The molecule has 0 fully saturated rings. The Morgan fingerprint density at radius 2 is 1.79 bits per heavy atom. The molecule has 2 N–H and O–H groups in total. The summed E-state index contributed by atoms with van der Waals surface area (Å²) in [6, 6.07) is 7.14. The smallest absolute Gasteiger partial charge is 0.265 e. The Morgan fingerprint density at radius 1 is 1.29 bits per heavy atom. The van der Waals surface area contributed by atoms with Crippen LogP contribution in [0.5, 0.6) is 0 Å². The van der Waals surface area contributed by atoms with E-state index < -0.39 is 0 Å². The summed E-state index contributed by atoms with van der Waals surface area (Å²) in [7, 11) is 1.65. The Labute approximate surface area is 90.8 Å². The number of hydrazine groups is 1. The van der Waals surface area contributed by atoms with Crippen LogP contribution in [0.25, 0.3) is 0 Å². The maximum Gasteiger partial charge on any atom is 0.265 e. The first-order chi connectivity index (χ1) is 6.74. The standard InChI is InChI=1S/C8H9BrN2O.CH2O/c1-10-11-8(12)6-2-4-7(9)5-3-6;1-2/h2-5,10H,1H3,(H,11,12);1H2. The summed E-state index contributed by atoms with van der Waals surface area (Å²) in [4.78, 5) is 19.2. The van der Waals surface area contributed by atoms with Crippen molar-refractivity contribution in [1.29, 1.82) is 0 Å². The van der Waals surface area contributed by atoms with Crippen LogP contribution >= 0.6 is 15.9 Å². The van der Waals surface area contributed by atoms with E-state index in [2.05, 4.69) is 26.8 Å². The lowest BCUT2D eigenvalue weighted by atomic mass is 10.2. The molecule has 0 aromatic heterocycles. The van der Waals surface area contributed by atoms with Crippen molar-refractivity contribution in [1.82, 2.24) is 10.9 Å². The summed E-state index contributed by atoms with van der Waals surface area (Å²) in [6.45, 7) is 2.00. The zero-order valence-electron chi connectivity index (χ0n) is 7.71. The van der Waals surface area contributed by atoms with E-state index in [1.54, 1.807) is 19.2 Å². The van der Waals surface area contributed by atoms with Gasteiger partial charge in [0.25, 0.3) is 5.91 Å². The average molecular weight is 259 g/mol. The Bertz CT molecular complexity index is 287. The molecule has 0 heterocycles. The van der Waals surface area contributed by atoms with E-state index in [4.69, 9.17) is 4.79 Å². The van der Waals surface area contributed by atoms with Gasteiger partial charge in [0, 0.05) is 17.1 Å². The van der Waals surface area contributed by atoms with Crippen molar-refractivity contribution < 1.29 is 9.59 Å². The third-order valence-corrected chi connectivity index (χ3v) is 1.87. The van der Waals surface area contributed by atoms with Gasteiger partial charge in [0.2, 0.25) is 0 Å². The van der Waals surface area contributed by atoms with E-state index in [1.165, 1.54) is 0 Å². The summed E-state index contributed by atoms with van der Waals surface area (Å²) in [5.41, 5.74) is 5.68. The van der Waals surface area contributed by atoms with Gasteiger partial charge in [0.1, 0.15) is 6.79 Å². The van der Waals surface area contributed by atoms with Crippen LogP contribution in [0.15, 0.2) is 28.7 Å². The Kier molecular flexibility index (Phi) is 6.61. The lowest BCUT2D eigenvalue weighted by Crippen LogP contribution is -2.33. The Morgan fingerprint density at radius 3 is 2.21 bits per heavy atom. The minimum atomic E-state index is -0.134. The average Bonchev–Trinajstić information content (AvgIpc) is 2.22. The van der Waals surface area contributed by atoms with Gasteiger partial charge in [-0.3, -0.25) is 10.2 Å². The highest BCUT2D eigenvalue weighted by Crippen LogP contribution is 2.09. The number of carbonyl (C=O) groups is 2. The molecule has 0 saturated heterocycles. The molecule has 1 rings (SSSR count). The lowest BCUT2D eigenvalue weighted by molar-refractivity contribution is -0.0979. The summed E-state index contributed by atoms with van der Waals surface area (Å²) in [6.07, 6.45) is 0. The van der Waals surface area contributed by atoms with Crippen LogP contribution in [-0.4, -0.2) is 19.7 Å². The predicted molar refractivity (Wildman–Crippen MR) is 57.8 cm³/mol. The van der Waals surface area contributed by atoms with Gasteiger partial charge in [-0.2, -0.15) is 0 Å². The second kappa shape index (κ2) is 7.23. The maximum absolute atomic E-state index is 11.2. The first kappa shape index (κ1) is 12.8. The molecule has 0 radical (unpaired) electrons. The Hall–Kier alpha value is -1.20. The second-order valence-electron chi connectivity index (χ2n) is 2.21. The van der Waals surface area contributed by atoms with Gasteiger partial charge in [-0.1, -0.05) is 15.9 Å². The van der Waals surface area contributed by atoms with Crippen molar-refractivity contribution in [2.45, 2.75) is 0 Å². The van der Waals surface area contributed by atoms with Gasteiger partial charge >= 0.3 is 0 Å². The number of hydrogen-bond acceptors (Lipinski definition) is 3. The zero-order valence-corrected chi connectivity index (χ0v) is 9.30. The number of benzene rings is 1. The van der Waals surface area contributed by atoms with Crippen molar-refractivity contribution in [3.63, 3.8) is 0 Å². The van der Waals surface area contributed by atoms with Crippen molar-refractivity contribution in [2.75, 3.05) is 7.05 Å². The van der Waals surface area contributed by atoms with E-state index in [0.717, 1.165) is 4.47 Å². The fourth-order valence-electron chi connectivity index (χ4n) is 0.787. The van der Waals surface area contributed by atoms with Gasteiger partial charge < -0.3 is 4.79 Å². The van der Waals surface area contributed by atoms with Gasteiger partial charge in [0.05, 0.1) is 0 Å². The predicted octanol–water partition coefficient (Wildman–Crippen LogP) is 1.13. The SMILES string of the molecule is C=O.CNNC(=O)c1ccc(Br)cc1. The number of rotatable bonds is 2. The summed E-state index contributed by atoms with van der Waals surface area (Å²) >= 11 is 3.29. The second-order valence-corrected chi connectivity index (χ2v) is 3.13. The number of nitrogens with one attached hydrogen (secondary N) is 2. The normalized spacial score (nSPS) is 8.43. The van der Waals surface area contributed by atoms with Crippen LogP contribution in [0.4, 0.5) is 0 Å². The molecular weight excluding hydrogens is 248 g/mol. The summed E-state index contributed by atoms with van der Waals surface area (Å²) < 4.78 is 0.962. The lowest BCUT2D eigenvalue weighted by Gasteiger charge is -2.01. The highest BCUT2D eigenvalue weighted by Gasteiger charge is 2.01. The van der Waals surface area contributed by atoms with Crippen LogP contribution in [-0.2, 0) is 4.79 Å². The fraction of sp³-hybridized carbons (Fsp3) is 0.111. The highest BCUT2D eigenvalue weighted by atomic mass is 79.9. The van der Waals surface area contributed by atoms with Crippen LogP contribution in [0, 0.1) is 0 Å².